The van der Waals surface area contributed by atoms with Gasteiger partial charge in [0.2, 0.25) is 0 Å². The molecule has 1 aromatic carbocycles. The van der Waals surface area contributed by atoms with E-state index in [9.17, 15) is 4.39 Å². The Labute approximate surface area is 113 Å². The van der Waals surface area contributed by atoms with Gasteiger partial charge >= 0.3 is 0 Å². The minimum Gasteiger partial charge on any atom is -0.356 e. The average molecular weight is 261 g/mol. The minimum atomic E-state index is -0.184. The molecule has 0 unspecified atom stereocenters. The first kappa shape index (κ1) is 13.6. The van der Waals surface area contributed by atoms with E-state index in [-0.39, 0.29) is 11.2 Å². The zero-order valence-electron chi connectivity index (χ0n) is 11.2. The lowest BCUT2D eigenvalue weighted by Gasteiger charge is -2.18. The average Bonchev–Trinajstić information content (AvgIpc) is 3.21. The van der Waals surface area contributed by atoms with Gasteiger partial charge in [-0.3, -0.25) is 4.99 Å². The van der Waals surface area contributed by atoms with Gasteiger partial charge in [0, 0.05) is 25.6 Å². The monoisotopic (exact) mass is 261 g/mol. The summed E-state index contributed by atoms with van der Waals surface area (Å²) in [4.78, 5) is 4.15. The van der Waals surface area contributed by atoms with E-state index in [4.69, 9.17) is 0 Å². The maximum absolute atomic E-state index is 12.9. The maximum atomic E-state index is 12.9. The second-order valence-electron chi connectivity index (χ2n) is 4.88. The third kappa shape index (κ3) is 3.34. The van der Waals surface area contributed by atoms with Crippen molar-refractivity contribution in [2.45, 2.75) is 18.3 Å². The second kappa shape index (κ2) is 5.87. The van der Waals surface area contributed by atoms with Gasteiger partial charge in [-0.15, -0.1) is 6.58 Å². The van der Waals surface area contributed by atoms with Crippen LogP contribution in [0.3, 0.4) is 0 Å². The zero-order chi connectivity index (χ0) is 13.7. The molecular formula is C15H20FN3. The molecule has 0 amide bonds. The summed E-state index contributed by atoms with van der Waals surface area (Å²) in [5, 5.41) is 6.46. The molecule has 0 aromatic heterocycles. The molecule has 0 aliphatic heterocycles. The van der Waals surface area contributed by atoms with Crippen LogP contribution in [0.4, 0.5) is 4.39 Å². The van der Waals surface area contributed by atoms with Gasteiger partial charge in [-0.05, 0) is 30.5 Å². The number of nitrogens with zero attached hydrogens (tertiary/aromatic N) is 1. The quantitative estimate of drug-likeness (QED) is 0.484. The molecule has 102 valence electrons. The van der Waals surface area contributed by atoms with Crippen molar-refractivity contribution in [1.82, 2.24) is 10.6 Å². The van der Waals surface area contributed by atoms with Crippen molar-refractivity contribution < 1.29 is 4.39 Å². The fourth-order valence-corrected chi connectivity index (χ4v) is 2.16. The van der Waals surface area contributed by atoms with Crippen LogP contribution in [0.1, 0.15) is 18.4 Å². The van der Waals surface area contributed by atoms with Gasteiger partial charge in [-0.1, -0.05) is 18.2 Å². The number of benzene rings is 1. The summed E-state index contributed by atoms with van der Waals surface area (Å²) in [7, 11) is 1.75. The van der Waals surface area contributed by atoms with Gasteiger partial charge in [0.1, 0.15) is 5.82 Å². The summed E-state index contributed by atoms with van der Waals surface area (Å²) in [5.74, 6) is 0.587. The predicted octanol–water partition coefficient (Wildman–Crippen LogP) is 2.21. The van der Waals surface area contributed by atoms with E-state index in [2.05, 4.69) is 22.2 Å². The molecule has 0 radical (unpaired) electrons. The van der Waals surface area contributed by atoms with Gasteiger partial charge in [-0.25, -0.2) is 4.39 Å². The summed E-state index contributed by atoms with van der Waals surface area (Å²) >= 11 is 0. The number of aliphatic imine (C=N–C) groups is 1. The Kier molecular flexibility index (Phi) is 4.20. The largest absolute Gasteiger partial charge is 0.356 e. The summed E-state index contributed by atoms with van der Waals surface area (Å²) in [6, 6.07) is 6.81. The molecule has 0 atom stereocenters. The summed E-state index contributed by atoms with van der Waals surface area (Å²) in [5.41, 5.74) is 1.33. The van der Waals surface area contributed by atoms with Crippen molar-refractivity contribution >= 4 is 5.96 Å². The van der Waals surface area contributed by atoms with Gasteiger partial charge in [0.05, 0.1) is 0 Å². The smallest absolute Gasteiger partial charge is 0.191 e. The topological polar surface area (TPSA) is 36.4 Å². The number of rotatable bonds is 5. The van der Waals surface area contributed by atoms with Gasteiger partial charge in [0.15, 0.2) is 5.96 Å². The van der Waals surface area contributed by atoms with Crippen molar-refractivity contribution in [2.75, 3.05) is 20.1 Å². The molecule has 0 bridgehead atoms. The highest BCUT2D eigenvalue weighted by Gasteiger charge is 2.44. The van der Waals surface area contributed by atoms with E-state index in [0.29, 0.717) is 6.54 Å². The van der Waals surface area contributed by atoms with E-state index in [1.165, 1.54) is 17.7 Å². The van der Waals surface area contributed by atoms with Crippen LogP contribution < -0.4 is 10.6 Å². The lowest BCUT2D eigenvalue weighted by molar-refractivity contribution is 0.618. The van der Waals surface area contributed by atoms with Gasteiger partial charge in [-0.2, -0.15) is 0 Å². The van der Waals surface area contributed by atoms with E-state index in [1.807, 2.05) is 12.1 Å². The van der Waals surface area contributed by atoms with E-state index < -0.39 is 0 Å². The first-order valence-corrected chi connectivity index (χ1v) is 6.52. The molecule has 1 aliphatic rings. The fraction of sp³-hybridized carbons (Fsp3) is 0.400. The van der Waals surface area contributed by atoms with Crippen LogP contribution in [0.5, 0.6) is 0 Å². The normalized spacial score (nSPS) is 16.8. The molecule has 4 heteroatoms. The second-order valence-corrected chi connectivity index (χ2v) is 4.88. The molecule has 0 heterocycles. The van der Waals surface area contributed by atoms with Crippen molar-refractivity contribution in [3.63, 3.8) is 0 Å². The highest BCUT2D eigenvalue weighted by atomic mass is 19.1. The van der Waals surface area contributed by atoms with Crippen molar-refractivity contribution in [3.05, 3.63) is 48.3 Å². The number of hydrogen-bond acceptors (Lipinski definition) is 1. The van der Waals surface area contributed by atoms with Gasteiger partial charge in [0.25, 0.3) is 0 Å². The summed E-state index contributed by atoms with van der Waals surface area (Å²) in [6.45, 7) is 5.16. The zero-order valence-corrected chi connectivity index (χ0v) is 11.2. The molecule has 2 rings (SSSR count). The highest BCUT2D eigenvalue weighted by molar-refractivity contribution is 5.80. The third-order valence-electron chi connectivity index (χ3n) is 3.54. The third-order valence-corrected chi connectivity index (χ3v) is 3.54. The lowest BCUT2D eigenvalue weighted by atomic mass is 9.96. The molecule has 1 fully saturated rings. The van der Waals surface area contributed by atoms with Crippen LogP contribution in [0.15, 0.2) is 41.9 Å². The molecule has 2 N–H and O–H groups in total. The molecule has 1 aliphatic carbocycles. The van der Waals surface area contributed by atoms with E-state index in [1.54, 1.807) is 13.1 Å². The number of halogens is 1. The van der Waals surface area contributed by atoms with Crippen LogP contribution >= 0.6 is 0 Å². The standard InChI is InChI=1S/C15H20FN3/c1-3-10-18-14(17-2)19-11-15(8-9-15)12-4-6-13(16)7-5-12/h3-7H,1,8-11H2,2H3,(H2,17,18,19). The lowest BCUT2D eigenvalue weighted by Crippen LogP contribution is -2.41. The summed E-state index contributed by atoms with van der Waals surface area (Å²) < 4.78 is 12.9. The molecule has 0 saturated heterocycles. The summed E-state index contributed by atoms with van der Waals surface area (Å²) in [6.07, 6.45) is 4.05. The molecule has 1 aromatic rings. The Bertz CT molecular complexity index is 461. The Hall–Kier alpha value is -1.84. The Morgan fingerprint density at radius 1 is 1.37 bits per heavy atom. The minimum absolute atomic E-state index is 0.138. The van der Waals surface area contributed by atoms with Gasteiger partial charge < -0.3 is 10.6 Å². The van der Waals surface area contributed by atoms with Crippen molar-refractivity contribution in [2.24, 2.45) is 4.99 Å². The number of nitrogens with one attached hydrogen (secondary N) is 2. The van der Waals surface area contributed by atoms with Crippen LogP contribution in [0, 0.1) is 5.82 Å². The first-order valence-electron chi connectivity index (χ1n) is 6.52. The molecule has 3 nitrogen and oxygen atoms in total. The number of guanidine groups is 1. The van der Waals surface area contributed by atoms with Crippen molar-refractivity contribution in [1.29, 1.82) is 0 Å². The molecule has 19 heavy (non-hydrogen) atoms. The van der Waals surface area contributed by atoms with E-state index >= 15 is 0 Å². The van der Waals surface area contributed by atoms with Crippen molar-refractivity contribution in [3.8, 4) is 0 Å². The SMILES string of the molecule is C=CCNC(=NC)NCC1(c2ccc(F)cc2)CC1. The predicted molar refractivity (Wildman–Crippen MR) is 76.9 cm³/mol. The fourth-order valence-electron chi connectivity index (χ4n) is 2.16. The Balaban J connectivity index is 1.95. The molecular weight excluding hydrogens is 241 g/mol. The highest BCUT2D eigenvalue weighted by Crippen LogP contribution is 2.47. The Morgan fingerprint density at radius 3 is 2.58 bits per heavy atom. The Morgan fingerprint density at radius 2 is 2.05 bits per heavy atom. The van der Waals surface area contributed by atoms with Crippen LogP contribution in [-0.2, 0) is 5.41 Å². The maximum Gasteiger partial charge on any atom is 0.191 e. The molecule has 0 spiro atoms. The van der Waals surface area contributed by atoms with Crippen LogP contribution in [0.25, 0.3) is 0 Å². The first-order chi connectivity index (χ1) is 9.20. The van der Waals surface area contributed by atoms with Crippen LogP contribution in [0.2, 0.25) is 0 Å². The molecule has 1 saturated carbocycles. The van der Waals surface area contributed by atoms with E-state index in [0.717, 1.165) is 25.3 Å². The number of hydrogen-bond donors (Lipinski definition) is 2. The van der Waals surface area contributed by atoms with Crippen LogP contribution in [-0.4, -0.2) is 26.1 Å².